The first-order valence-corrected chi connectivity index (χ1v) is 6.58. The number of benzene rings is 1. The van der Waals surface area contributed by atoms with E-state index in [2.05, 4.69) is 10.3 Å². The lowest BCUT2D eigenvalue weighted by Crippen LogP contribution is -2.03. The Balaban J connectivity index is 2.16. The molecule has 5 nitrogen and oxygen atoms in total. The molecule has 1 aromatic heterocycles. The van der Waals surface area contributed by atoms with Crippen LogP contribution in [0.15, 0.2) is 35.7 Å². The maximum atomic E-state index is 8.94. The van der Waals surface area contributed by atoms with Crippen molar-refractivity contribution >= 4 is 5.71 Å². The summed E-state index contributed by atoms with van der Waals surface area (Å²) in [4.78, 5) is 0. The van der Waals surface area contributed by atoms with Gasteiger partial charge < -0.3 is 9.94 Å². The highest BCUT2D eigenvalue weighted by Gasteiger charge is 2.08. The Morgan fingerprint density at radius 3 is 2.90 bits per heavy atom. The number of aryl methyl sites for hydroxylation is 2. The number of aromatic nitrogens is 2. The summed E-state index contributed by atoms with van der Waals surface area (Å²) in [5.74, 6) is 0.704. The maximum Gasteiger partial charge on any atom is 0.129 e. The third-order valence-corrected chi connectivity index (χ3v) is 3.08. The van der Waals surface area contributed by atoms with Crippen molar-refractivity contribution in [1.29, 1.82) is 0 Å². The summed E-state index contributed by atoms with van der Waals surface area (Å²) in [6.07, 6.45) is 3.76. The van der Waals surface area contributed by atoms with Gasteiger partial charge in [0.1, 0.15) is 12.4 Å². The molecular formula is C15H19N3O2. The van der Waals surface area contributed by atoms with Crippen molar-refractivity contribution in [3.8, 4) is 5.75 Å². The molecule has 0 aliphatic heterocycles. The summed E-state index contributed by atoms with van der Waals surface area (Å²) in [7, 11) is 0. The third-order valence-electron chi connectivity index (χ3n) is 3.08. The van der Waals surface area contributed by atoms with Gasteiger partial charge >= 0.3 is 0 Å². The number of oxime groups is 1. The molecule has 1 aromatic carbocycles. The second-order valence-corrected chi connectivity index (χ2v) is 4.68. The smallest absolute Gasteiger partial charge is 0.129 e. The van der Waals surface area contributed by atoms with E-state index in [1.807, 2.05) is 42.9 Å². The highest BCUT2D eigenvalue weighted by atomic mass is 16.5. The Hall–Kier alpha value is -2.30. The van der Waals surface area contributed by atoms with E-state index < -0.39 is 0 Å². The fourth-order valence-electron chi connectivity index (χ4n) is 1.92. The molecule has 5 heteroatoms. The number of ether oxygens (including phenoxy) is 1. The van der Waals surface area contributed by atoms with E-state index in [4.69, 9.17) is 9.94 Å². The van der Waals surface area contributed by atoms with Crippen molar-refractivity contribution < 1.29 is 9.94 Å². The van der Waals surface area contributed by atoms with Crippen LogP contribution >= 0.6 is 0 Å². The van der Waals surface area contributed by atoms with Crippen molar-refractivity contribution in [2.75, 3.05) is 0 Å². The zero-order chi connectivity index (χ0) is 14.5. The zero-order valence-corrected chi connectivity index (χ0v) is 12.0. The van der Waals surface area contributed by atoms with Gasteiger partial charge in [0.15, 0.2) is 0 Å². The molecule has 0 saturated carbocycles. The molecule has 0 unspecified atom stereocenters. The van der Waals surface area contributed by atoms with Gasteiger partial charge in [-0.25, -0.2) is 0 Å². The Morgan fingerprint density at radius 2 is 2.25 bits per heavy atom. The fraction of sp³-hybridized carbons (Fsp3) is 0.333. The van der Waals surface area contributed by atoms with Gasteiger partial charge in [0, 0.05) is 23.9 Å². The van der Waals surface area contributed by atoms with Gasteiger partial charge in [-0.1, -0.05) is 16.8 Å². The highest BCUT2D eigenvalue weighted by Crippen LogP contribution is 2.22. The molecule has 1 N–H and O–H groups in total. The molecule has 0 radical (unpaired) electrons. The van der Waals surface area contributed by atoms with Crippen LogP contribution in [0, 0.1) is 6.92 Å². The van der Waals surface area contributed by atoms with E-state index in [-0.39, 0.29) is 0 Å². The summed E-state index contributed by atoms with van der Waals surface area (Å²) < 4.78 is 7.67. The molecule has 0 fully saturated rings. The lowest BCUT2D eigenvalue weighted by Gasteiger charge is -2.11. The van der Waals surface area contributed by atoms with E-state index in [0.29, 0.717) is 18.1 Å². The first-order valence-electron chi connectivity index (χ1n) is 6.58. The quantitative estimate of drug-likeness (QED) is 0.517. The second-order valence-electron chi connectivity index (χ2n) is 4.68. The van der Waals surface area contributed by atoms with Crippen LogP contribution in [0.3, 0.4) is 0 Å². The van der Waals surface area contributed by atoms with Crippen molar-refractivity contribution in [2.45, 2.75) is 33.9 Å². The number of nitrogens with zero attached hydrogens (tertiary/aromatic N) is 3. The van der Waals surface area contributed by atoms with E-state index in [1.54, 1.807) is 13.1 Å². The molecule has 0 atom stereocenters. The Labute approximate surface area is 118 Å². The summed E-state index contributed by atoms with van der Waals surface area (Å²) >= 11 is 0. The van der Waals surface area contributed by atoms with Gasteiger partial charge in [-0.15, -0.1) is 0 Å². The van der Waals surface area contributed by atoms with Gasteiger partial charge in [-0.05, 0) is 32.9 Å². The SMILES string of the molecule is CCn1cc(COc2ccc(C)cc2C(C)=NO)cn1. The lowest BCUT2D eigenvalue weighted by atomic mass is 10.1. The standard InChI is InChI=1S/C15H19N3O2/c1-4-18-9-13(8-16-18)10-20-15-6-5-11(2)7-14(15)12(3)17-19/h5-9,19H,4,10H2,1-3H3. The Morgan fingerprint density at radius 1 is 1.45 bits per heavy atom. The average molecular weight is 273 g/mol. The fourth-order valence-corrected chi connectivity index (χ4v) is 1.92. The summed E-state index contributed by atoms with van der Waals surface area (Å²) in [6.45, 7) is 7.05. The summed E-state index contributed by atoms with van der Waals surface area (Å²) in [5, 5.41) is 16.4. The third kappa shape index (κ3) is 3.17. The molecule has 0 amide bonds. The summed E-state index contributed by atoms with van der Waals surface area (Å²) in [5.41, 5.74) is 3.44. The molecule has 0 spiro atoms. The molecule has 1 heterocycles. The molecule has 2 rings (SSSR count). The monoisotopic (exact) mass is 273 g/mol. The largest absolute Gasteiger partial charge is 0.488 e. The van der Waals surface area contributed by atoms with Gasteiger partial charge in [0.2, 0.25) is 0 Å². The number of rotatable bonds is 5. The van der Waals surface area contributed by atoms with Crippen molar-refractivity contribution in [3.63, 3.8) is 0 Å². The lowest BCUT2D eigenvalue weighted by molar-refractivity contribution is 0.303. The Kier molecular flexibility index (Phi) is 4.40. The maximum absolute atomic E-state index is 8.94. The van der Waals surface area contributed by atoms with Gasteiger partial charge in [-0.3, -0.25) is 4.68 Å². The van der Waals surface area contributed by atoms with Crippen LogP contribution in [-0.2, 0) is 13.2 Å². The van der Waals surface area contributed by atoms with E-state index in [9.17, 15) is 0 Å². The van der Waals surface area contributed by atoms with Crippen LogP contribution in [-0.4, -0.2) is 20.7 Å². The molecule has 2 aromatic rings. The van der Waals surface area contributed by atoms with Gasteiger partial charge in [0.05, 0.1) is 11.9 Å². The van der Waals surface area contributed by atoms with Crippen LogP contribution in [0.5, 0.6) is 5.75 Å². The molecule has 0 saturated heterocycles. The van der Waals surface area contributed by atoms with Gasteiger partial charge in [-0.2, -0.15) is 5.10 Å². The number of hydrogen-bond acceptors (Lipinski definition) is 4. The topological polar surface area (TPSA) is 59.6 Å². The molecule has 0 aliphatic rings. The van der Waals surface area contributed by atoms with Crippen molar-refractivity contribution in [2.24, 2.45) is 5.16 Å². The van der Waals surface area contributed by atoms with Gasteiger partial charge in [0.25, 0.3) is 0 Å². The highest BCUT2D eigenvalue weighted by molar-refractivity contribution is 6.00. The molecule has 106 valence electrons. The Bertz CT molecular complexity index is 617. The van der Waals surface area contributed by atoms with Crippen LogP contribution in [0.4, 0.5) is 0 Å². The van der Waals surface area contributed by atoms with Crippen LogP contribution < -0.4 is 4.74 Å². The van der Waals surface area contributed by atoms with Crippen molar-refractivity contribution in [3.05, 3.63) is 47.3 Å². The van der Waals surface area contributed by atoms with Crippen LogP contribution in [0.1, 0.15) is 30.5 Å². The predicted molar refractivity (Wildman–Crippen MR) is 77.4 cm³/mol. The normalized spacial score (nSPS) is 11.7. The van der Waals surface area contributed by atoms with Crippen LogP contribution in [0.25, 0.3) is 0 Å². The van der Waals surface area contributed by atoms with Crippen LogP contribution in [0.2, 0.25) is 0 Å². The van der Waals surface area contributed by atoms with Crippen molar-refractivity contribution in [1.82, 2.24) is 9.78 Å². The van der Waals surface area contributed by atoms with E-state index in [1.165, 1.54) is 0 Å². The predicted octanol–water partition coefficient (Wildman–Crippen LogP) is 2.99. The first-order chi connectivity index (χ1) is 9.63. The minimum Gasteiger partial charge on any atom is -0.488 e. The molecule has 0 aliphatic carbocycles. The van der Waals surface area contributed by atoms with E-state index >= 15 is 0 Å². The summed E-state index contributed by atoms with van der Waals surface area (Å²) in [6, 6.07) is 5.81. The zero-order valence-electron chi connectivity index (χ0n) is 12.0. The second kappa shape index (κ2) is 6.23. The minimum absolute atomic E-state index is 0.439. The molecular weight excluding hydrogens is 254 g/mol. The minimum atomic E-state index is 0.439. The number of hydrogen-bond donors (Lipinski definition) is 1. The molecule has 20 heavy (non-hydrogen) atoms. The van der Waals surface area contributed by atoms with E-state index in [0.717, 1.165) is 23.2 Å². The average Bonchev–Trinajstić information content (AvgIpc) is 2.93. The molecule has 0 bridgehead atoms. The first kappa shape index (κ1) is 14.1.